The van der Waals surface area contributed by atoms with Gasteiger partial charge in [-0.05, 0) is 30.4 Å². The van der Waals surface area contributed by atoms with Crippen LogP contribution in [0.4, 0.5) is 0 Å². The molecule has 0 aromatic heterocycles. The number of carbonyl (C=O) groups excluding carboxylic acids is 2. The van der Waals surface area contributed by atoms with Gasteiger partial charge < -0.3 is 10.2 Å². The summed E-state index contributed by atoms with van der Waals surface area (Å²) in [6.45, 7) is 14.9. The van der Waals surface area contributed by atoms with Crippen LogP contribution in [-0.4, -0.2) is 29.8 Å². The molecule has 1 saturated heterocycles. The highest BCUT2D eigenvalue weighted by molar-refractivity contribution is 5.96. The van der Waals surface area contributed by atoms with E-state index in [9.17, 15) is 9.59 Å². The Morgan fingerprint density at radius 2 is 1.82 bits per heavy atom. The molecule has 3 rings (SSSR count). The molecule has 0 aromatic carbocycles. The summed E-state index contributed by atoms with van der Waals surface area (Å²) in [5.74, 6) is 1.21. The minimum absolute atomic E-state index is 0.0350. The number of likely N-dealkylation sites (tertiary alicyclic amines) is 1. The molecule has 1 N–H and O–H groups in total. The summed E-state index contributed by atoms with van der Waals surface area (Å²) in [5, 5.41) is 2.82. The number of hydrogen-bond donors (Lipinski definition) is 1. The van der Waals surface area contributed by atoms with Crippen LogP contribution in [0.1, 0.15) is 33.6 Å². The van der Waals surface area contributed by atoms with E-state index in [1.165, 1.54) is 0 Å². The Labute approximate surface area is 132 Å². The zero-order valence-electron chi connectivity index (χ0n) is 13.8. The summed E-state index contributed by atoms with van der Waals surface area (Å²) in [6.07, 6.45) is 5.33. The number of nitrogens with zero attached hydrogens (tertiary/aromatic N) is 1. The molecule has 0 atom stereocenters. The molecule has 0 aromatic rings. The van der Waals surface area contributed by atoms with E-state index in [4.69, 9.17) is 0 Å². The van der Waals surface area contributed by atoms with Crippen LogP contribution < -0.4 is 5.32 Å². The molecule has 2 heterocycles. The first kappa shape index (κ1) is 16.5. The van der Waals surface area contributed by atoms with Gasteiger partial charge >= 0.3 is 0 Å². The van der Waals surface area contributed by atoms with Crippen molar-refractivity contribution in [2.75, 3.05) is 13.1 Å². The first-order chi connectivity index (χ1) is 10.4. The van der Waals surface area contributed by atoms with Gasteiger partial charge in [0.15, 0.2) is 0 Å². The van der Waals surface area contributed by atoms with Crippen molar-refractivity contribution in [1.82, 2.24) is 10.2 Å². The van der Waals surface area contributed by atoms with E-state index < -0.39 is 5.41 Å². The van der Waals surface area contributed by atoms with Crippen molar-refractivity contribution in [2.24, 2.45) is 17.3 Å². The van der Waals surface area contributed by atoms with Crippen LogP contribution in [0.15, 0.2) is 36.6 Å². The summed E-state index contributed by atoms with van der Waals surface area (Å²) in [4.78, 5) is 25.8. The summed E-state index contributed by atoms with van der Waals surface area (Å²) in [7, 11) is 0. The van der Waals surface area contributed by atoms with E-state index in [-0.39, 0.29) is 17.7 Å². The molecule has 2 amide bonds. The Morgan fingerprint density at radius 1 is 1.27 bits per heavy atom. The number of hydrogen-bond acceptors (Lipinski definition) is 2. The lowest BCUT2D eigenvalue weighted by molar-refractivity contribution is -0.149. The molecule has 120 valence electrons. The molecule has 3 aliphatic rings. The summed E-state index contributed by atoms with van der Waals surface area (Å²) >= 11 is 0. The number of amides is 2. The minimum atomic E-state index is -0.574. The number of rotatable bonds is 3. The number of allylic oxidation sites excluding steroid dienone is 2. The lowest BCUT2D eigenvalue weighted by Gasteiger charge is -2.47. The number of carbonyl (C=O) groups is 2. The van der Waals surface area contributed by atoms with Crippen LogP contribution in [0, 0.1) is 17.3 Å². The van der Waals surface area contributed by atoms with Crippen LogP contribution in [0.5, 0.6) is 0 Å². The standard InChI is InChI=1S/C14H16N2O2.C4H10/c1-3-10-11(4-2)15-13(18)14(10)7-16(8-14)12(17)9-5-6-9;1-4(2)3/h3-4,9H,1-2,5-8H2,(H,15,18);4H,1-3H3. The Morgan fingerprint density at radius 3 is 2.23 bits per heavy atom. The average Bonchev–Trinajstić information content (AvgIpc) is 3.19. The molecule has 4 nitrogen and oxygen atoms in total. The monoisotopic (exact) mass is 302 g/mol. The zero-order chi connectivity index (χ0) is 16.5. The Hall–Kier alpha value is -1.84. The SMILES string of the molecule is C=CC1=C(C=C)C2(CN(C(=O)C3CC3)C2)C(=O)N1.CC(C)C. The Bertz CT molecular complexity index is 533. The smallest absolute Gasteiger partial charge is 0.238 e. The maximum atomic E-state index is 12.1. The van der Waals surface area contributed by atoms with Gasteiger partial charge in [-0.1, -0.05) is 40.0 Å². The molecule has 22 heavy (non-hydrogen) atoms. The van der Waals surface area contributed by atoms with E-state index in [0.717, 1.165) is 30.0 Å². The minimum Gasteiger partial charge on any atom is -0.339 e. The van der Waals surface area contributed by atoms with Crippen molar-refractivity contribution in [2.45, 2.75) is 33.6 Å². The van der Waals surface area contributed by atoms with E-state index in [1.54, 1.807) is 17.1 Å². The second-order valence-corrected chi connectivity index (χ2v) is 6.97. The van der Waals surface area contributed by atoms with Crippen LogP contribution >= 0.6 is 0 Å². The predicted octanol–water partition coefficient (Wildman–Crippen LogP) is 2.64. The lowest BCUT2D eigenvalue weighted by Crippen LogP contribution is -2.63. The highest BCUT2D eigenvalue weighted by atomic mass is 16.2. The van der Waals surface area contributed by atoms with E-state index in [0.29, 0.717) is 13.1 Å². The first-order valence-corrected chi connectivity index (χ1v) is 7.95. The molecule has 0 unspecified atom stereocenters. The molecule has 1 spiro atoms. The molecule has 0 bridgehead atoms. The topological polar surface area (TPSA) is 49.4 Å². The molecule has 2 fully saturated rings. The molecule has 1 aliphatic carbocycles. The van der Waals surface area contributed by atoms with Gasteiger partial charge in [0.1, 0.15) is 5.41 Å². The third kappa shape index (κ3) is 2.87. The Kier molecular flexibility index (Phi) is 4.59. The molecule has 0 radical (unpaired) electrons. The van der Waals surface area contributed by atoms with Gasteiger partial charge in [0.2, 0.25) is 11.8 Å². The van der Waals surface area contributed by atoms with Crippen molar-refractivity contribution < 1.29 is 9.59 Å². The third-order valence-electron chi connectivity index (χ3n) is 4.06. The van der Waals surface area contributed by atoms with Gasteiger partial charge in [-0.15, -0.1) is 0 Å². The van der Waals surface area contributed by atoms with Gasteiger partial charge in [-0.25, -0.2) is 0 Å². The molecular formula is C18H26N2O2. The van der Waals surface area contributed by atoms with Gasteiger partial charge in [0.25, 0.3) is 0 Å². The van der Waals surface area contributed by atoms with Crippen molar-refractivity contribution >= 4 is 11.8 Å². The quantitative estimate of drug-likeness (QED) is 0.871. The third-order valence-corrected chi connectivity index (χ3v) is 4.06. The molecular weight excluding hydrogens is 276 g/mol. The van der Waals surface area contributed by atoms with Crippen molar-refractivity contribution in [1.29, 1.82) is 0 Å². The lowest BCUT2D eigenvalue weighted by atomic mass is 9.73. The molecule has 2 aliphatic heterocycles. The summed E-state index contributed by atoms with van der Waals surface area (Å²) < 4.78 is 0. The zero-order valence-corrected chi connectivity index (χ0v) is 13.8. The highest BCUT2D eigenvalue weighted by Crippen LogP contribution is 2.45. The van der Waals surface area contributed by atoms with Crippen LogP contribution in [0.25, 0.3) is 0 Å². The van der Waals surface area contributed by atoms with E-state index in [2.05, 4.69) is 39.2 Å². The summed E-state index contributed by atoms with van der Waals surface area (Å²) in [5.41, 5.74) is 1.03. The molecule has 4 heteroatoms. The highest BCUT2D eigenvalue weighted by Gasteiger charge is 2.57. The van der Waals surface area contributed by atoms with Gasteiger partial charge in [-0.3, -0.25) is 9.59 Å². The Balaban J connectivity index is 0.000000396. The fraction of sp³-hybridized carbons (Fsp3) is 0.556. The van der Waals surface area contributed by atoms with Crippen molar-refractivity contribution in [3.63, 3.8) is 0 Å². The second kappa shape index (κ2) is 6.11. The second-order valence-electron chi connectivity index (χ2n) is 6.97. The maximum Gasteiger partial charge on any atom is 0.238 e. The van der Waals surface area contributed by atoms with Gasteiger partial charge in [0.05, 0.1) is 0 Å². The maximum absolute atomic E-state index is 12.1. The number of nitrogens with one attached hydrogen (secondary N) is 1. The average molecular weight is 302 g/mol. The molecule has 1 saturated carbocycles. The van der Waals surface area contributed by atoms with Crippen LogP contribution in [-0.2, 0) is 9.59 Å². The van der Waals surface area contributed by atoms with Gasteiger partial charge in [0, 0.05) is 24.7 Å². The normalized spacial score (nSPS) is 22.0. The summed E-state index contributed by atoms with van der Waals surface area (Å²) in [6, 6.07) is 0. The van der Waals surface area contributed by atoms with E-state index >= 15 is 0 Å². The first-order valence-electron chi connectivity index (χ1n) is 7.95. The van der Waals surface area contributed by atoms with Crippen LogP contribution in [0.2, 0.25) is 0 Å². The van der Waals surface area contributed by atoms with Gasteiger partial charge in [-0.2, -0.15) is 0 Å². The van der Waals surface area contributed by atoms with Crippen molar-refractivity contribution in [3.05, 3.63) is 36.6 Å². The fourth-order valence-corrected chi connectivity index (χ4v) is 2.82. The largest absolute Gasteiger partial charge is 0.339 e. The fourth-order valence-electron chi connectivity index (χ4n) is 2.82. The van der Waals surface area contributed by atoms with Crippen LogP contribution in [0.3, 0.4) is 0 Å². The van der Waals surface area contributed by atoms with Crippen molar-refractivity contribution in [3.8, 4) is 0 Å². The predicted molar refractivity (Wildman–Crippen MR) is 87.8 cm³/mol. The van der Waals surface area contributed by atoms with E-state index in [1.807, 2.05) is 0 Å².